The Kier molecular flexibility index (Phi) is 4.46. The van der Waals surface area contributed by atoms with Crippen LogP contribution in [0.3, 0.4) is 0 Å². The van der Waals surface area contributed by atoms with E-state index in [0.29, 0.717) is 27.7 Å². The van der Waals surface area contributed by atoms with Crippen molar-refractivity contribution in [1.29, 1.82) is 0 Å². The molecule has 0 atom stereocenters. The molecule has 2 heterocycles. The minimum atomic E-state index is -0.606. The lowest BCUT2D eigenvalue weighted by atomic mass is 10.1. The van der Waals surface area contributed by atoms with E-state index >= 15 is 0 Å². The van der Waals surface area contributed by atoms with Crippen molar-refractivity contribution in [2.45, 2.75) is 34.3 Å². The first-order chi connectivity index (χ1) is 12.3. The topological polar surface area (TPSA) is 105 Å². The highest BCUT2D eigenvalue weighted by atomic mass is 16.5. The molecule has 0 amide bonds. The molecule has 134 valence electrons. The molecule has 0 saturated heterocycles. The molecule has 0 aliphatic rings. The first-order valence-electron chi connectivity index (χ1n) is 8.15. The third-order valence-electron chi connectivity index (χ3n) is 4.32. The van der Waals surface area contributed by atoms with Gasteiger partial charge in [0.05, 0.1) is 10.9 Å². The van der Waals surface area contributed by atoms with Crippen molar-refractivity contribution in [1.82, 2.24) is 15.0 Å². The van der Waals surface area contributed by atoms with Crippen LogP contribution in [0.5, 0.6) is 0 Å². The molecule has 0 aliphatic carbocycles. The Morgan fingerprint density at radius 3 is 2.54 bits per heavy atom. The van der Waals surface area contributed by atoms with E-state index in [1.165, 1.54) is 6.92 Å². The summed E-state index contributed by atoms with van der Waals surface area (Å²) in [4.78, 5) is 46.1. The normalized spacial score (nSPS) is 10.9. The highest BCUT2D eigenvalue weighted by Gasteiger charge is 2.21. The predicted octanol–water partition coefficient (Wildman–Crippen LogP) is 2.74. The maximum absolute atomic E-state index is 12.4. The molecule has 0 saturated carbocycles. The second-order valence-corrected chi connectivity index (χ2v) is 6.24. The zero-order chi connectivity index (χ0) is 19.0. The fraction of sp³-hybridized carbons (Fsp3) is 0.263. The van der Waals surface area contributed by atoms with Crippen molar-refractivity contribution in [3.63, 3.8) is 0 Å². The molecule has 0 radical (unpaired) electrons. The number of carbonyl (C=O) groups excluding carboxylic acids is 2. The Morgan fingerprint density at radius 2 is 1.88 bits per heavy atom. The van der Waals surface area contributed by atoms with Crippen LogP contribution in [0.4, 0.5) is 0 Å². The number of nitrogens with zero attached hydrogens (tertiary/aromatic N) is 1. The number of aromatic nitrogens is 3. The number of hydrogen-bond acceptors (Lipinski definition) is 5. The van der Waals surface area contributed by atoms with E-state index in [1.54, 1.807) is 26.0 Å². The lowest BCUT2D eigenvalue weighted by molar-refractivity contribution is 0.0455. The quantitative estimate of drug-likeness (QED) is 0.554. The van der Waals surface area contributed by atoms with Crippen molar-refractivity contribution < 1.29 is 14.3 Å². The molecule has 0 aliphatic heterocycles. The predicted molar refractivity (Wildman–Crippen MR) is 96.5 cm³/mol. The van der Waals surface area contributed by atoms with Crippen LogP contribution in [0.2, 0.25) is 0 Å². The minimum absolute atomic E-state index is 0.119. The molecule has 0 unspecified atom stereocenters. The maximum Gasteiger partial charge on any atom is 0.355 e. The van der Waals surface area contributed by atoms with Gasteiger partial charge in [-0.25, -0.2) is 9.78 Å². The summed E-state index contributed by atoms with van der Waals surface area (Å²) in [6, 6.07) is 5.34. The fourth-order valence-electron chi connectivity index (χ4n) is 3.11. The molecule has 7 nitrogen and oxygen atoms in total. The summed E-state index contributed by atoms with van der Waals surface area (Å²) in [5.74, 6) is -0.463. The number of H-pyrrole nitrogens is 2. The van der Waals surface area contributed by atoms with Gasteiger partial charge in [-0.05, 0) is 44.9 Å². The van der Waals surface area contributed by atoms with Crippen LogP contribution in [0.15, 0.2) is 23.0 Å². The number of Topliss-reactive ketones (excluding diaryl/α,β-unsaturated/α-hetero) is 1. The molecule has 0 fully saturated rings. The van der Waals surface area contributed by atoms with E-state index in [4.69, 9.17) is 4.74 Å². The van der Waals surface area contributed by atoms with Crippen LogP contribution < -0.4 is 5.56 Å². The first-order valence-corrected chi connectivity index (χ1v) is 8.15. The molecule has 0 bridgehead atoms. The van der Waals surface area contributed by atoms with Crippen LogP contribution in [0.1, 0.15) is 50.4 Å². The SMILES string of the molecule is CC(=O)c1c(C)[nH]c(C(=O)OCc2nc3c(C)cccc3c(=O)[nH]2)c1C. The minimum Gasteiger partial charge on any atom is -0.453 e. The van der Waals surface area contributed by atoms with Gasteiger partial charge in [0.15, 0.2) is 5.78 Å². The Labute approximate surface area is 149 Å². The van der Waals surface area contributed by atoms with Crippen molar-refractivity contribution in [3.8, 4) is 0 Å². The van der Waals surface area contributed by atoms with E-state index in [9.17, 15) is 14.4 Å². The third kappa shape index (κ3) is 3.03. The Morgan fingerprint density at radius 1 is 1.15 bits per heavy atom. The third-order valence-corrected chi connectivity index (χ3v) is 4.32. The van der Waals surface area contributed by atoms with Crippen molar-refractivity contribution in [2.24, 2.45) is 0 Å². The van der Waals surface area contributed by atoms with Crippen LogP contribution in [0, 0.1) is 20.8 Å². The number of aryl methyl sites for hydroxylation is 2. The van der Waals surface area contributed by atoms with Gasteiger partial charge in [-0.15, -0.1) is 0 Å². The summed E-state index contributed by atoms with van der Waals surface area (Å²) in [7, 11) is 0. The number of nitrogens with one attached hydrogen (secondary N) is 2. The van der Waals surface area contributed by atoms with Crippen LogP contribution in [0.25, 0.3) is 10.9 Å². The number of ether oxygens (including phenoxy) is 1. The summed E-state index contributed by atoms with van der Waals surface area (Å²) in [6.45, 7) is 6.55. The zero-order valence-corrected chi connectivity index (χ0v) is 15.0. The van der Waals surface area contributed by atoms with Crippen molar-refractivity contribution >= 4 is 22.7 Å². The van der Waals surface area contributed by atoms with Gasteiger partial charge in [0.1, 0.15) is 18.1 Å². The van der Waals surface area contributed by atoms with Gasteiger partial charge in [-0.3, -0.25) is 9.59 Å². The maximum atomic E-state index is 12.4. The smallest absolute Gasteiger partial charge is 0.355 e. The number of esters is 1. The van der Waals surface area contributed by atoms with Gasteiger partial charge < -0.3 is 14.7 Å². The molecular formula is C19H19N3O4. The van der Waals surface area contributed by atoms with E-state index < -0.39 is 5.97 Å². The summed E-state index contributed by atoms with van der Waals surface area (Å²) in [5, 5.41) is 0.488. The van der Waals surface area contributed by atoms with Crippen LogP contribution >= 0.6 is 0 Å². The molecule has 0 spiro atoms. The Balaban J connectivity index is 1.86. The molecule has 26 heavy (non-hydrogen) atoms. The average Bonchev–Trinajstić information content (AvgIpc) is 2.88. The van der Waals surface area contributed by atoms with Crippen LogP contribution in [-0.4, -0.2) is 26.7 Å². The lowest BCUT2D eigenvalue weighted by Crippen LogP contribution is -2.15. The second-order valence-electron chi connectivity index (χ2n) is 6.24. The van der Waals surface area contributed by atoms with Gasteiger partial charge in [-0.1, -0.05) is 12.1 Å². The number of para-hydroxylation sites is 1. The van der Waals surface area contributed by atoms with Gasteiger partial charge >= 0.3 is 5.97 Å². The summed E-state index contributed by atoms with van der Waals surface area (Å²) in [6.07, 6.45) is 0. The number of fused-ring (bicyclic) bond motifs is 1. The monoisotopic (exact) mass is 353 g/mol. The Hall–Kier alpha value is -3.22. The van der Waals surface area contributed by atoms with Gasteiger partial charge in [-0.2, -0.15) is 0 Å². The van der Waals surface area contributed by atoms with Crippen molar-refractivity contribution in [3.05, 3.63) is 62.5 Å². The van der Waals surface area contributed by atoms with E-state index in [2.05, 4.69) is 15.0 Å². The van der Waals surface area contributed by atoms with E-state index in [-0.39, 0.29) is 29.5 Å². The highest BCUT2D eigenvalue weighted by Crippen LogP contribution is 2.19. The number of ketones is 1. The molecular weight excluding hydrogens is 334 g/mol. The summed E-state index contributed by atoms with van der Waals surface area (Å²) >= 11 is 0. The van der Waals surface area contributed by atoms with Crippen molar-refractivity contribution in [2.75, 3.05) is 0 Å². The van der Waals surface area contributed by atoms with Gasteiger partial charge in [0.25, 0.3) is 5.56 Å². The molecule has 3 rings (SSSR count). The molecule has 2 aromatic heterocycles. The number of aromatic amines is 2. The standard InChI is InChI=1S/C19H19N3O4/c1-9-6-5-7-13-16(9)21-14(22-18(13)24)8-26-19(25)17-10(2)15(12(4)23)11(3)20-17/h5-7,20H,8H2,1-4H3,(H,21,22,24). The van der Waals surface area contributed by atoms with E-state index in [1.807, 2.05) is 13.0 Å². The number of hydrogen-bond donors (Lipinski definition) is 2. The van der Waals surface area contributed by atoms with Gasteiger partial charge in [0, 0.05) is 11.3 Å². The zero-order valence-electron chi connectivity index (χ0n) is 15.0. The van der Waals surface area contributed by atoms with Crippen LogP contribution in [-0.2, 0) is 11.3 Å². The first kappa shape index (κ1) is 17.6. The fourth-order valence-corrected chi connectivity index (χ4v) is 3.11. The largest absolute Gasteiger partial charge is 0.453 e. The summed E-state index contributed by atoms with van der Waals surface area (Å²) in [5.41, 5.74) is 3.05. The van der Waals surface area contributed by atoms with Gasteiger partial charge in [0.2, 0.25) is 0 Å². The molecule has 7 heteroatoms. The van der Waals surface area contributed by atoms with E-state index in [0.717, 1.165) is 5.56 Å². The molecule has 2 N–H and O–H groups in total. The molecule has 3 aromatic rings. The highest BCUT2D eigenvalue weighted by molar-refractivity contribution is 6.01. The number of rotatable bonds is 4. The number of benzene rings is 1. The number of carbonyl (C=O) groups is 2. The molecule has 1 aromatic carbocycles. The lowest BCUT2D eigenvalue weighted by Gasteiger charge is -2.06. The Bertz CT molecular complexity index is 1090. The average molecular weight is 353 g/mol. The summed E-state index contributed by atoms with van der Waals surface area (Å²) < 4.78 is 5.27. The second kappa shape index (κ2) is 6.59.